The molecule has 0 fully saturated rings. The molecule has 1 aliphatic rings. The van der Waals surface area contributed by atoms with Gasteiger partial charge in [-0.3, -0.25) is 9.56 Å². The number of carbonyl (C=O) groups is 1. The van der Waals surface area contributed by atoms with Crippen molar-refractivity contribution in [2.45, 2.75) is 13.0 Å². The van der Waals surface area contributed by atoms with Crippen molar-refractivity contribution in [1.29, 1.82) is 0 Å². The number of rotatable bonds is 2. The van der Waals surface area contributed by atoms with Crippen molar-refractivity contribution in [3.63, 3.8) is 0 Å². The van der Waals surface area contributed by atoms with E-state index in [9.17, 15) is 14.3 Å². The number of fused-ring (bicyclic) bond motifs is 3. The summed E-state index contributed by atoms with van der Waals surface area (Å²) in [5.41, 5.74) is 3.00. The lowest BCUT2D eigenvalue weighted by Gasteiger charge is -2.12. The van der Waals surface area contributed by atoms with Crippen molar-refractivity contribution in [2.24, 2.45) is 4.99 Å². The summed E-state index contributed by atoms with van der Waals surface area (Å²) in [4.78, 5) is 20.3. The van der Waals surface area contributed by atoms with Gasteiger partial charge in [0.2, 0.25) is 0 Å². The van der Waals surface area contributed by atoms with Gasteiger partial charge in [0.1, 0.15) is 12.1 Å². The van der Waals surface area contributed by atoms with Gasteiger partial charge in [-0.05, 0) is 37.3 Å². The van der Waals surface area contributed by atoms with Crippen LogP contribution in [0, 0.1) is 18.2 Å². The summed E-state index contributed by atoms with van der Waals surface area (Å²) in [6.45, 7) is 1.76. The van der Waals surface area contributed by atoms with Crippen LogP contribution in [0.1, 0.15) is 45.8 Å². The third-order valence-electron chi connectivity index (χ3n) is 4.53. The Balaban J connectivity index is 2.08. The van der Waals surface area contributed by atoms with E-state index in [1.54, 1.807) is 47.9 Å². The summed E-state index contributed by atoms with van der Waals surface area (Å²) in [5.74, 6) is 1.02. The predicted molar refractivity (Wildman–Crippen MR) is 98.9 cm³/mol. The van der Waals surface area contributed by atoms with Crippen molar-refractivity contribution in [1.82, 2.24) is 9.55 Å². The molecule has 3 aromatic rings. The fourth-order valence-electron chi connectivity index (χ4n) is 3.33. The van der Waals surface area contributed by atoms with Crippen molar-refractivity contribution < 1.29 is 14.3 Å². The van der Waals surface area contributed by atoms with Gasteiger partial charge in [-0.2, -0.15) is 0 Å². The molecule has 0 radical (unpaired) electrons. The number of aromatic carboxylic acids is 1. The van der Waals surface area contributed by atoms with Gasteiger partial charge in [-0.25, -0.2) is 14.2 Å². The van der Waals surface area contributed by atoms with Crippen LogP contribution in [0.25, 0.3) is 5.69 Å². The number of hydrogen-bond donors (Lipinski definition) is 1. The molecule has 6 heteroatoms. The second-order valence-electron chi connectivity index (χ2n) is 6.16. The first kappa shape index (κ1) is 16.7. The molecule has 2 aromatic carbocycles. The summed E-state index contributed by atoms with van der Waals surface area (Å²) in [6.07, 6.45) is 6.99. The number of carboxylic acid groups (broad SMARTS) is 1. The summed E-state index contributed by atoms with van der Waals surface area (Å²) in [6, 6.07) is 11.1. The van der Waals surface area contributed by atoms with E-state index >= 15 is 0 Å². The van der Waals surface area contributed by atoms with Gasteiger partial charge in [0.05, 0.1) is 23.1 Å². The maximum atomic E-state index is 14.5. The molecule has 5 nitrogen and oxygen atoms in total. The van der Waals surface area contributed by atoms with E-state index in [-0.39, 0.29) is 5.69 Å². The van der Waals surface area contributed by atoms with Crippen molar-refractivity contribution >= 4 is 11.7 Å². The fourth-order valence-corrected chi connectivity index (χ4v) is 3.33. The van der Waals surface area contributed by atoms with Gasteiger partial charge < -0.3 is 5.11 Å². The first-order valence-corrected chi connectivity index (χ1v) is 8.26. The number of halogens is 1. The van der Waals surface area contributed by atoms with Gasteiger partial charge in [-0.1, -0.05) is 18.1 Å². The lowest BCUT2D eigenvalue weighted by atomic mass is 9.98. The van der Waals surface area contributed by atoms with Crippen LogP contribution < -0.4 is 0 Å². The number of benzene rings is 2. The third-order valence-corrected chi connectivity index (χ3v) is 4.53. The SMILES string of the molecule is C#Cc1ccc2c(c1)C(c1ccccc1F)=NC(C)c1c(C(=O)O)ncn1-2. The first-order valence-electron chi connectivity index (χ1n) is 8.26. The molecule has 0 saturated carbocycles. The Morgan fingerprint density at radius 2 is 2.04 bits per heavy atom. The Hall–Kier alpha value is -3.72. The zero-order valence-electron chi connectivity index (χ0n) is 14.3. The summed E-state index contributed by atoms with van der Waals surface area (Å²) >= 11 is 0. The molecule has 1 N–H and O–H groups in total. The van der Waals surface area contributed by atoms with E-state index in [1.807, 2.05) is 0 Å². The average molecular weight is 359 g/mol. The van der Waals surface area contributed by atoms with Gasteiger partial charge in [-0.15, -0.1) is 6.42 Å². The minimum Gasteiger partial charge on any atom is -0.476 e. The van der Waals surface area contributed by atoms with E-state index in [1.165, 1.54) is 12.4 Å². The molecule has 1 atom stereocenters. The van der Waals surface area contributed by atoms with Crippen molar-refractivity contribution in [2.75, 3.05) is 0 Å². The molecule has 1 aromatic heterocycles. The standard InChI is InChI=1S/C21H14FN3O2/c1-3-13-8-9-17-15(10-13)18(14-6-4-5-7-16(14)22)24-12(2)20-19(21(26)27)23-11-25(17)20/h1,4-12H,2H3,(H,26,27). The molecule has 1 aliphatic heterocycles. The molecule has 4 rings (SSSR count). The number of aliphatic imine (C=N–C) groups is 1. The van der Waals surface area contributed by atoms with Crippen molar-refractivity contribution in [3.8, 4) is 18.0 Å². The van der Waals surface area contributed by atoms with Gasteiger partial charge >= 0.3 is 5.97 Å². The Morgan fingerprint density at radius 1 is 1.26 bits per heavy atom. The highest BCUT2D eigenvalue weighted by molar-refractivity contribution is 6.15. The molecule has 0 spiro atoms. The minimum absolute atomic E-state index is 0.0759. The topological polar surface area (TPSA) is 67.5 Å². The number of carboxylic acids is 1. The van der Waals surface area contributed by atoms with E-state index in [0.717, 1.165) is 0 Å². The zero-order valence-corrected chi connectivity index (χ0v) is 14.3. The second kappa shape index (κ2) is 6.22. The van der Waals surface area contributed by atoms with E-state index in [4.69, 9.17) is 6.42 Å². The quantitative estimate of drug-likeness (QED) is 0.711. The Kier molecular flexibility index (Phi) is 3.85. The number of aromatic nitrogens is 2. The van der Waals surface area contributed by atoms with Gasteiger partial charge in [0.15, 0.2) is 5.69 Å². The van der Waals surface area contributed by atoms with Crippen LogP contribution in [0.4, 0.5) is 4.39 Å². The van der Waals surface area contributed by atoms with E-state index in [2.05, 4.69) is 15.9 Å². The highest BCUT2D eigenvalue weighted by atomic mass is 19.1. The molecule has 0 amide bonds. The lowest BCUT2D eigenvalue weighted by molar-refractivity contribution is 0.0689. The molecule has 0 aliphatic carbocycles. The van der Waals surface area contributed by atoms with Gasteiger partial charge in [0, 0.05) is 16.7 Å². The molecular weight excluding hydrogens is 345 g/mol. The normalized spacial score (nSPS) is 15.1. The third kappa shape index (κ3) is 2.61. The lowest BCUT2D eigenvalue weighted by Crippen LogP contribution is -2.09. The number of terminal acetylenes is 1. The molecule has 0 saturated heterocycles. The van der Waals surface area contributed by atoms with Crippen LogP contribution in [0.15, 0.2) is 53.8 Å². The summed E-state index contributed by atoms with van der Waals surface area (Å²) in [5, 5.41) is 9.49. The predicted octanol–water partition coefficient (Wildman–Crippen LogP) is 3.60. The number of imidazole rings is 1. The second-order valence-corrected chi connectivity index (χ2v) is 6.16. The molecule has 132 valence electrons. The molecular formula is C21H14FN3O2. The van der Waals surface area contributed by atoms with Crippen LogP contribution in [0.5, 0.6) is 0 Å². The van der Waals surface area contributed by atoms with Crippen LogP contribution in [-0.4, -0.2) is 26.3 Å². The Labute approximate surface area is 154 Å². The van der Waals surface area contributed by atoms with Crippen LogP contribution in [0.3, 0.4) is 0 Å². The van der Waals surface area contributed by atoms with Crippen LogP contribution in [-0.2, 0) is 0 Å². The highest BCUT2D eigenvalue weighted by Crippen LogP contribution is 2.33. The number of hydrogen-bond acceptors (Lipinski definition) is 3. The monoisotopic (exact) mass is 359 g/mol. The van der Waals surface area contributed by atoms with Gasteiger partial charge in [0.25, 0.3) is 0 Å². The largest absolute Gasteiger partial charge is 0.476 e. The molecule has 27 heavy (non-hydrogen) atoms. The summed E-state index contributed by atoms with van der Waals surface area (Å²) < 4.78 is 16.2. The maximum Gasteiger partial charge on any atom is 0.356 e. The van der Waals surface area contributed by atoms with Crippen LogP contribution in [0.2, 0.25) is 0 Å². The van der Waals surface area contributed by atoms with E-state index < -0.39 is 17.8 Å². The fraction of sp³-hybridized carbons (Fsp3) is 0.0952. The molecule has 2 heterocycles. The zero-order chi connectivity index (χ0) is 19.1. The van der Waals surface area contributed by atoms with Crippen LogP contribution >= 0.6 is 0 Å². The Morgan fingerprint density at radius 3 is 2.74 bits per heavy atom. The maximum absolute atomic E-state index is 14.5. The molecule has 0 bridgehead atoms. The summed E-state index contributed by atoms with van der Waals surface area (Å²) in [7, 11) is 0. The first-order chi connectivity index (χ1) is 13.0. The minimum atomic E-state index is -1.14. The Bertz CT molecular complexity index is 1150. The average Bonchev–Trinajstić information content (AvgIpc) is 3.07. The molecule has 1 unspecified atom stereocenters. The van der Waals surface area contributed by atoms with E-state index in [0.29, 0.717) is 33.8 Å². The number of nitrogens with zero attached hydrogens (tertiary/aromatic N) is 3. The smallest absolute Gasteiger partial charge is 0.356 e. The highest BCUT2D eigenvalue weighted by Gasteiger charge is 2.29. The van der Waals surface area contributed by atoms with Crippen molar-refractivity contribution in [3.05, 3.63) is 82.7 Å².